The fourth-order valence-corrected chi connectivity index (χ4v) is 15.7. The van der Waals surface area contributed by atoms with Crippen molar-refractivity contribution < 1.29 is 93.8 Å². The van der Waals surface area contributed by atoms with Gasteiger partial charge in [0.25, 0.3) is 0 Å². The van der Waals surface area contributed by atoms with E-state index in [1.165, 1.54) is 12.5 Å². The summed E-state index contributed by atoms with van der Waals surface area (Å²) in [7, 11) is 0. The van der Waals surface area contributed by atoms with Crippen LogP contribution in [0, 0.1) is 50.2 Å². The molecule has 0 aromatic heterocycles. The third kappa shape index (κ3) is 8.57. The molecule has 0 unspecified atom stereocenters. The number of ether oxygens (including phenoxy) is 8. The largest absolute Gasteiger partial charge is 0.481 e. The van der Waals surface area contributed by atoms with Crippen LogP contribution in [0.3, 0.4) is 0 Å². The van der Waals surface area contributed by atoms with E-state index in [0.29, 0.717) is 18.8 Å². The van der Waals surface area contributed by atoms with E-state index < -0.39 is 128 Å². The Labute approximate surface area is 410 Å². The second-order valence-corrected chi connectivity index (χ2v) is 24.9. The zero-order chi connectivity index (χ0) is 50.8. The first kappa shape index (κ1) is 53.4. The highest BCUT2D eigenvalue weighted by Crippen LogP contribution is 2.76. The maximum Gasteiger partial charge on any atom is 0.310 e. The highest BCUT2D eigenvalue weighted by Gasteiger charge is 2.70. The summed E-state index contributed by atoms with van der Waals surface area (Å²) in [5, 5.41) is 108. The van der Waals surface area contributed by atoms with Crippen molar-refractivity contribution in [1.29, 1.82) is 0 Å². The summed E-state index contributed by atoms with van der Waals surface area (Å²) in [5.41, 5.74) is 0.124. The lowest BCUT2D eigenvalue weighted by molar-refractivity contribution is -0.381. The Bertz CT molecular complexity index is 1930. The van der Waals surface area contributed by atoms with Crippen LogP contribution in [-0.2, 0) is 42.7 Å². The fourth-order valence-electron chi connectivity index (χ4n) is 15.7. The molecule has 4 saturated heterocycles. The molecule has 0 bridgehead atoms. The minimum absolute atomic E-state index is 0.0272. The van der Waals surface area contributed by atoms with E-state index in [9.17, 15) is 55.9 Å². The number of fused-ring (bicyclic) bond motifs is 7. The molecule has 0 aromatic rings. The minimum atomic E-state index is -1.81. The maximum absolute atomic E-state index is 13.2. The van der Waals surface area contributed by atoms with Crippen molar-refractivity contribution in [3.8, 4) is 0 Å². The van der Waals surface area contributed by atoms with Crippen LogP contribution < -0.4 is 0 Å². The van der Waals surface area contributed by atoms with Crippen LogP contribution in [0.25, 0.3) is 0 Å². The first-order chi connectivity index (χ1) is 32.7. The standard InChI is InChI=1S/C51H82O19/c1-23-32(54)39(69-42-37(59)35(57)28(22-65-42)67-41-36(58)33(55)26(52)20-63-41)38(60)43(66-23)70-40-34(56)27(53)21-64-44(40)68-31-12-13-48(6)29(47(31,4)5)11-14-50(8)30(48)10-9-24-25-19-46(2,3)15-17-51(25,45(61)62)18-16-49(24,50)7/h9,23,25-44,52-60H,10-22H2,1-8H3,(H,61,62)/t23-,25+,26-,27-,28-,29+,30-,31+,32-,33-,34-,35-,36+,37+,38+,39+,40+,41-,42-,43-,44-,48+,49-,50-,51+/m1/s1. The molecule has 19 nitrogen and oxygen atoms in total. The molecule has 10 N–H and O–H groups in total. The van der Waals surface area contributed by atoms with Crippen LogP contribution in [0.1, 0.15) is 120 Å². The Kier molecular flexibility index (Phi) is 14.5. The van der Waals surface area contributed by atoms with Crippen molar-refractivity contribution in [2.24, 2.45) is 50.2 Å². The van der Waals surface area contributed by atoms with Gasteiger partial charge >= 0.3 is 5.97 Å². The molecule has 70 heavy (non-hydrogen) atoms. The molecule has 19 heteroatoms. The lowest BCUT2D eigenvalue weighted by Crippen LogP contribution is -2.66. The van der Waals surface area contributed by atoms with Gasteiger partial charge in [0.05, 0.1) is 37.4 Å². The third-order valence-electron chi connectivity index (χ3n) is 20.3. The number of hydrogen-bond donors (Lipinski definition) is 10. The Balaban J connectivity index is 0.879. The van der Waals surface area contributed by atoms with Crippen molar-refractivity contribution in [2.75, 3.05) is 19.8 Å². The molecular weight excluding hydrogens is 917 g/mol. The molecule has 9 rings (SSSR count). The molecule has 25 atom stereocenters. The van der Waals surface area contributed by atoms with E-state index in [1.807, 2.05) is 0 Å². The van der Waals surface area contributed by atoms with Gasteiger partial charge in [-0.15, -0.1) is 0 Å². The highest BCUT2D eigenvalue weighted by atomic mass is 16.8. The topological polar surface area (TPSA) is 293 Å². The summed E-state index contributed by atoms with van der Waals surface area (Å²) in [4.78, 5) is 13.2. The number of hydrogen-bond acceptors (Lipinski definition) is 18. The first-order valence-electron chi connectivity index (χ1n) is 25.9. The summed E-state index contributed by atoms with van der Waals surface area (Å²) >= 11 is 0. The molecule has 8 fully saturated rings. The van der Waals surface area contributed by atoms with Gasteiger partial charge in [-0.1, -0.05) is 60.1 Å². The Hall–Kier alpha value is -1.47. The van der Waals surface area contributed by atoms with Crippen LogP contribution in [0.15, 0.2) is 11.6 Å². The zero-order valence-electron chi connectivity index (χ0n) is 42.0. The molecule has 4 saturated carbocycles. The highest BCUT2D eigenvalue weighted by molar-refractivity contribution is 5.76. The van der Waals surface area contributed by atoms with Crippen molar-refractivity contribution in [1.82, 2.24) is 0 Å². The van der Waals surface area contributed by atoms with E-state index >= 15 is 0 Å². The average molecular weight is 999 g/mol. The van der Waals surface area contributed by atoms with Crippen molar-refractivity contribution >= 4 is 5.97 Å². The number of aliphatic carboxylic acids is 1. The smallest absolute Gasteiger partial charge is 0.310 e. The van der Waals surface area contributed by atoms with Gasteiger partial charge in [-0.3, -0.25) is 4.79 Å². The number of allylic oxidation sites excluding steroid dienone is 2. The van der Waals surface area contributed by atoms with Crippen LogP contribution in [-0.4, -0.2) is 187 Å². The molecule has 0 spiro atoms. The van der Waals surface area contributed by atoms with Gasteiger partial charge in [0.2, 0.25) is 0 Å². The summed E-state index contributed by atoms with van der Waals surface area (Å²) in [6.07, 6.45) is -14.8. The zero-order valence-corrected chi connectivity index (χ0v) is 42.0. The quantitative estimate of drug-likeness (QED) is 0.116. The first-order valence-corrected chi connectivity index (χ1v) is 25.9. The van der Waals surface area contributed by atoms with Crippen LogP contribution in [0.5, 0.6) is 0 Å². The van der Waals surface area contributed by atoms with Gasteiger partial charge in [0, 0.05) is 0 Å². The van der Waals surface area contributed by atoms with E-state index in [2.05, 4.69) is 54.5 Å². The van der Waals surface area contributed by atoms with E-state index in [1.54, 1.807) is 0 Å². The summed E-state index contributed by atoms with van der Waals surface area (Å²) in [6, 6.07) is 0. The van der Waals surface area contributed by atoms with Crippen LogP contribution >= 0.6 is 0 Å². The fraction of sp³-hybridized carbons (Fsp3) is 0.941. The molecule has 400 valence electrons. The number of rotatable bonds is 9. The molecule has 9 aliphatic rings. The lowest BCUT2D eigenvalue weighted by Gasteiger charge is -2.71. The number of carboxylic acid groups (broad SMARTS) is 1. The van der Waals surface area contributed by atoms with Gasteiger partial charge in [0.15, 0.2) is 25.2 Å². The molecule has 0 radical (unpaired) electrons. The van der Waals surface area contributed by atoms with Crippen molar-refractivity contribution in [3.05, 3.63) is 11.6 Å². The molecule has 5 aliphatic carbocycles. The monoisotopic (exact) mass is 999 g/mol. The van der Waals surface area contributed by atoms with Crippen LogP contribution in [0.4, 0.5) is 0 Å². The average Bonchev–Trinajstić information content (AvgIpc) is 3.29. The molecule has 4 heterocycles. The maximum atomic E-state index is 13.2. The van der Waals surface area contributed by atoms with Gasteiger partial charge in [0.1, 0.15) is 73.2 Å². The van der Waals surface area contributed by atoms with E-state index in [-0.39, 0.29) is 52.8 Å². The van der Waals surface area contributed by atoms with Gasteiger partial charge in [-0.05, 0) is 116 Å². The number of carbonyl (C=O) groups is 1. The Morgan fingerprint density at radius 3 is 1.91 bits per heavy atom. The van der Waals surface area contributed by atoms with Crippen LogP contribution in [0.2, 0.25) is 0 Å². The Morgan fingerprint density at radius 1 is 0.600 bits per heavy atom. The summed E-state index contributed by atoms with van der Waals surface area (Å²) < 4.78 is 47.7. The summed E-state index contributed by atoms with van der Waals surface area (Å²) in [6.45, 7) is 16.9. The minimum Gasteiger partial charge on any atom is -0.481 e. The lowest BCUT2D eigenvalue weighted by atomic mass is 9.33. The SMILES string of the molecule is C[C@H]1O[C@H](O[C@@H]2[C@@H](O[C@H]3CC[C@]4(C)[C@H]5CC=C6[C@@H]7CC(C)(C)CC[C@]7(C(=O)O)CC[C@@]6(C)[C@]5(C)CC[C@H]4C3(C)C)OC[C@@H](O)[C@H]2O)[C@@H](O)[C@@H](O[C@H]2OC[C@@H](O[C@H]3OC[C@@H](O)[C@@H](O)[C@@H]3O)[C@@H](O)[C@@H]2O)[C@@H]1O. The van der Waals surface area contributed by atoms with Crippen molar-refractivity contribution in [3.63, 3.8) is 0 Å². The van der Waals surface area contributed by atoms with Crippen molar-refractivity contribution in [2.45, 2.75) is 230 Å². The van der Waals surface area contributed by atoms with E-state index in [0.717, 1.165) is 51.4 Å². The third-order valence-corrected chi connectivity index (χ3v) is 20.3. The number of aliphatic hydroxyl groups excluding tert-OH is 9. The summed E-state index contributed by atoms with van der Waals surface area (Å²) in [5.74, 6) is -0.0220. The molecular formula is C51H82O19. The number of aliphatic hydroxyl groups is 9. The van der Waals surface area contributed by atoms with Gasteiger partial charge < -0.3 is 89.0 Å². The molecule has 4 aliphatic heterocycles. The Morgan fingerprint density at radius 2 is 1.21 bits per heavy atom. The van der Waals surface area contributed by atoms with Gasteiger partial charge in [-0.25, -0.2) is 0 Å². The van der Waals surface area contributed by atoms with Gasteiger partial charge in [-0.2, -0.15) is 0 Å². The normalized spacial score (nSPS) is 54.4. The second-order valence-electron chi connectivity index (χ2n) is 24.9. The molecule has 0 aromatic carbocycles. The van der Waals surface area contributed by atoms with E-state index in [4.69, 9.17) is 37.9 Å². The number of carboxylic acids is 1. The second kappa shape index (κ2) is 19.0. The predicted octanol–water partition coefficient (Wildman–Crippen LogP) is 1.48. The molecule has 0 amide bonds. The predicted molar refractivity (Wildman–Crippen MR) is 244 cm³/mol.